The number of piperazine rings is 1. The molecular formula is C20H27N3O4S. The molecule has 0 aromatic heterocycles. The van der Waals surface area contributed by atoms with Crippen molar-refractivity contribution < 1.29 is 17.9 Å². The maximum atomic E-state index is 13.0. The molecule has 28 heavy (non-hydrogen) atoms. The Morgan fingerprint density at radius 3 is 2.25 bits per heavy atom. The Kier molecular flexibility index (Phi) is 5.92. The molecule has 0 aliphatic carbocycles. The Labute approximate surface area is 166 Å². The van der Waals surface area contributed by atoms with E-state index >= 15 is 0 Å². The van der Waals surface area contributed by atoms with Gasteiger partial charge in [0, 0.05) is 40.3 Å². The number of rotatable bonds is 5. The molecule has 1 unspecified atom stereocenters. The predicted molar refractivity (Wildman–Crippen MR) is 110 cm³/mol. The van der Waals surface area contributed by atoms with Gasteiger partial charge in [0.1, 0.15) is 5.75 Å². The SMILES string of the molecule is COc1ccc2cc(C(C)C(=O)N3CCN(S(=O)(=O)N(C)C)CC3)ccc2c1. The molecule has 0 bridgehead atoms. The van der Waals surface area contributed by atoms with Crippen molar-refractivity contribution in [2.75, 3.05) is 47.4 Å². The highest BCUT2D eigenvalue weighted by molar-refractivity contribution is 7.86. The average molecular weight is 406 g/mol. The minimum Gasteiger partial charge on any atom is -0.497 e. The number of hydrogen-bond donors (Lipinski definition) is 0. The minimum absolute atomic E-state index is 0.0229. The molecule has 0 radical (unpaired) electrons. The van der Waals surface area contributed by atoms with E-state index < -0.39 is 10.2 Å². The summed E-state index contributed by atoms with van der Waals surface area (Å²) in [5.74, 6) is 0.535. The topological polar surface area (TPSA) is 70.2 Å². The van der Waals surface area contributed by atoms with Crippen molar-refractivity contribution in [2.24, 2.45) is 0 Å². The summed E-state index contributed by atoms with van der Waals surface area (Å²) >= 11 is 0. The summed E-state index contributed by atoms with van der Waals surface area (Å²) in [6.45, 7) is 3.34. The van der Waals surface area contributed by atoms with Crippen LogP contribution in [0, 0.1) is 0 Å². The fourth-order valence-corrected chi connectivity index (χ4v) is 4.51. The molecule has 1 fully saturated rings. The number of carbonyl (C=O) groups excluding carboxylic acids is 1. The van der Waals surface area contributed by atoms with Gasteiger partial charge in [0.2, 0.25) is 5.91 Å². The molecule has 1 heterocycles. The Hall–Kier alpha value is -2.16. The summed E-state index contributed by atoms with van der Waals surface area (Å²) < 4.78 is 32.3. The van der Waals surface area contributed by atoms with Gasteiger partial charge < -0.3 is 9.64 Å². The van der Waals surface area contributed by atoms with E-state index in [1.165, 1.54) is 22.7 Å². The Bertz CT molecular complexity index is 967. The van der Waals surface area contributed by atoms with Crippen LogP contribution >= 0.6 is 0 Å². The molecule has 1 atom stereocenters. The van der Waals surface area contributed by atoms with Crippen molar-refractivity contribution in [3.05, 3.63) is 42.0 Å². The third kappa shape index (κ3) is 3.99. The van der Waals surface area contributed by atoms with Crippen LogP contribution in [-0.2, 0) is 15.0 Å². The summed E-state index contributed by atoms with van der Waals surface area (Å²) in [5, 5.41) is 2.12. The first-order valence-electron chi connectivity index (χ1n) is 9.28. The number of amides is 1. The van der Waals surface area contributed by atoms with Crippen LogP contribution in [0.1, 0.15) is 18.4 Å². The second-order valence-electron chi connectivity index (χ2n) is 7.21. The van der Waals surface area contributed by atoms with Crippen LogP contribution in [0.5, 0.6) is 5.75 Å². The predicted octanol–water partition coefficient (Wildman–Crippen LogP) is 1.90. The highest BCUT2D eigenvalue weighted by Crippen LogP contribution is 2.26. The quantitative estimate of drug-likeness (QED) is 0.762. The van der Waals surface area contributed by atoms with Crippen molar-refractivity contribution in [1.29, 1.82) is 0 Å². The monoisotopic (exact) mass is 405 g/mol. The van der Waals surface area contributed by atoms with Gasteiger partial charge in [-0.15, -0.1) is 0 Å². The first-order valence-corrected chi connectivity index (χ1v) is 10.7. The van der Waals surface area contributed by atoms with Crippen molar-refractivity contribution in [2.45, 2.75) is 12.8 Å². The second-order valence-corrected chi connectivity index (χ2v) is 9.35. The molecule has 152 valence electrons. The first-order chi connectivity index (χ1) is 13.2. The Balaban J connectivity index is 1.70. The van der Waals surface area contributed by atoms with Crippen LogP contribution in [-0.4, -0.2) is 75.2 Å². The maximum Gasteiger partial charge on any atom is 0.281 e. The van der Waals surface area contributed by atoms with Crippen molar-refractivity contribution in [3.8, 4) is 5.75 Å². The van der Waals surface area contributed by atoms with Gasteiger partial charge in [0.05, 0.1) is 13.0 Å². The number of fused-ring (bicyclic) bond motifs is 1. The van der Waals surface area contributed by atoms with Gasteiger partial charge >= 0.3 is 0 Å². The third-order valence-corrected chi connectivity index (χ3v) is 7.22. The zero-order valence-corrected chi connectivity index (χ0v) is 17.6. The van der Waals surface area contributed by atoms with E-state index in [0.29, 0.717) is 26.2 Å². The summed E-state index contributed by atoms with van der Waals surface area (Å²) in [5.41, 5.74) is 0.950. The van der Waals surface area contributed by atoms with Gasteiger partial charge in [-0.3, -0.25) is 4.79 Å². The van der Waals surface area contributed by atoms with Gasteiger partial charge in [0.25, 0.3) is 10.2 Å². The fourth-order valence-electron chi connectivity index (χ4n) is 3.43. The van der Waals surface area contributed by atoms with Crippen LogP contribution in [0.3, 0.4) is 0 Å². The van der Waals surface area contributed by atoms with E-state index in [1.54, 1.807) is 12.0 Å². The Morgan fingerprint density at radius 1 is 1.04 bits per heavy atom. The van der Waals surface area contributed by atoms with E-state index in [2.05, 4.69) is 0 Å². The van der Waals surface area contributed by atoms with Gasteiger partial charge in [-0.05, 0) is 35.4 Å². The second kappa shape index (κ2) is 8.06. The maximum absolute atomic E-state index is 13.0. The molecule has 1 amide bonds. The molecule has 0 N–H and O–H groups in total. The number of hydrogen-bond acceptors (Lipinski definition) is 4. The van der Waals surface area contributed by atoms with Crippen molar-refractivity contribution in [3.63, 3.8) is 0 Å². The molecule has 0 saturated carbocycles. The van der Waals surface area contributed by atoms with E-state index in [0.717, 1.165) is 22.1 Å². The van der Waals surface area contributed by atoms with E-state index in [9.17, 15) is 13.2 Å². The number of benzene rings is 2. The largest absolute Gasteiger partial charge is 0.497 e. The zero-order chi connectivity index (χ0) is 20.5. The minimum atomic E-state index is -3.43. The highest BCUT2D eigenvalue weighted by atomic mass is 32.2. The molecular weight excluding hydrogens is 378 g/mol. The summed E-state index contributed by atoms with van der Waals surface area (Å²) in [4.78, 5) is 14.7. The lowest BCUT2D eigenvalue weighted by Gasteiger charge is -2.36. The van der Waals surface area contributed by atoms with Gasteiger partial charge in [-0.1, -0.05) is 24.3 Å². The lowest BCUT2D eigenvalue weighted by atomic mass is 9.96. The molecule has 2 aromatic rings. The van der Waals surface area contributed by atoms with E-state index in [1.807, 2.05) is 43.3 Å². The molecule has 2 aromatic carbocycles. The Morgan fingerprint density at radius 2 is 1.64 bits per heavy atom. The third-order valence-electron chi connectivity index (χ3n) is 5.28. The van der Waals surface area contributed by atoms with Crippen molar-refractivity contribution in [1.82, 2.24) is 13.5 Å². The first kappa shape index (κ1) is 20.6. The van der Waals surface area contributed by atoms with Crippen molar-refractivity contribution >= 4 is 26.9 Å². The number of ether oxygens (including phenoxy) is 1. The van der Waals surface area contributed by atoms with Crippen LogP contribution in [0.25, 0.3) is 10.8 Å². The standard InChI is InChI=1S/C20H27N3O4S/c1-15(16-5-6-18-14-19(27-4)8-7-17(18)13-16)20(24)22-9-11-23(12-10-22)28(25,26)21(2)3/h5-8,13-15H,9-12H2,1-4H3. The number of carbonyl (C=O) groups is 1. The zero-order valence-electron chi connectivity index (χ0n) is 16.8. The average Bonchev–Trinajstić information content (AvgIpc) is 2.71. The van der Waals surface area contributed by atoms with Crippen LogP contribution in [0.15, 0.2) is 36.4 Å². The van der Waals surface area contributed by atoms with Gasteiger partial charge in [0.15, 0.2) is 0 Å². The summed E-state index contributed by atoms with van der Waals surface area (Å²) in [6.07, 6.45) is 0. The van der Waals surface area contributed by atoms with Gasteiger partial charge in [-0.2, -0.15) is 17.0 Å². The van der Waals surface area contributed by atoms with Crippen LogP contribution in [0.2, 0.25) is 0 Å². The molecule has 0 spiro atoms. The number of methoxy groups -OCH3 is 1. The molecule has 1 aliphatic rings. The summed E-state index contributed by atoms with van der Waals surface area (Å²) in [6, 6.07) is 11.9. The van der Waals surface area contributed by atoms with E-state index in [4.69, 9.17) is 4.74 Å². The smallest absolute Gasteiger partial charge is 0.281 e. The van der Waals surface area contributed by atoms with Gasteiger partial charge in [-0.25, -0.2) is 0 Å². The molecule has 7 nitrogen and oxygen atoms in total. The van der Waals surface area contributed by atoms with Crippen LogP contribution < -0.4 is 4.74 Å². The van der Waals surface area contributed by atoms with E-state index in [-0.39, 0.29) is 11.8 Å². The fraction of sp³-hybridized carbons (Fsp3) is 0.450. The lowest BCUT2D eigenvalue weighted by Crippen LogP contribution is -2.53. The number of nitrogens with zero attached hydrogens (tertiary/aromatic N) is 3. The summed E-state index contributed by atoms with van der Waals surface area (Å²) in [7, 11) is 1.24. The molecule has 8 heteroatoms. The molecule has 1 saturated heterocycles. The molecule has 1 aliphatic heterocycles. The normalized spacial score (nSPS) is 17.1. The highest BCUT2D eigenvalue weighted by Gasteiger charge is 2.31. The van der Waals surface area contributed by atoms with Crippen LogP contribution in [0.4, 0.5) is 0 Å². The lowest BCUT2D eigenvalue weighted by molar-refractivity contribution is -0.133. The molecule has 3 rings (SSSR count).